The van der Waals surface area contributed by atoms with Gasteiger partial charge in [0.05, 0.1) is 5.69 Å². The molecule has 0 unspecified atom stereocenters. The summed E-state index contributed by atoms with van der Waals surface area (Å²) < 4.78 is 5.52. The summed E-state index contributed by atoms with van der Waals surface area (Å²) in [7, 11) is 0. The molecule has 0 aliphatic carbocycles. The lowest BCUT2D eigenvalue weighted by molar-refractivity contribution is 0.102. The minimum absolute atomic E-state index is 0.193. The van der Waals surface area contributed by atoms with Crippen molar-refractivity contribution in [3.8, 4) is 0 Å². The fourth-order valence-corrected chi connectivity index (χ4v) is 2.06. The molecule has 3 nitrogen and oxygen atoms in total. The van der Waals surface area contributed by atoms with E-state index < -0.39 is 0 Å². The van der Waals surface area contributed by atoms with Gasteiger partial charge in [0.2, 0.25) is 5.78 Å². The predicted molar refractivity (Wildman–Crippen MR) is 80.4 cm³/mol. The van der Waals surface area contributed by atoms with Crippen molar-refractivity contribution < 1.29 is 9.21 Å². The molecule has 3 heteroatoms. The van der Waals surface area contributed by atoms with Gasteiger partial charge in [0.25, 0.3) is 0 Å². The monoisotopic (exact) mass is 263 g/mol. The van der Waals surface area contributed by atoms with Crippen LogP contribution in [0.4, 0.5) is 5.69 Å². The van der Waals surface area contributed by atoms with E-state index in [1.807, 2.05) is 48.5 Å². The number of hydrogen-bond donors (Lipinski definition) is 1. The highest BCUT2D eigenvalue weighted by Crippen LogP contribution is 2.28. The van der Waals surface area contributed by atoms with Gasteiger partial charge in [0.15, 0.2) is 5.76 Å². The summed E-state index contributed by atoms with van der Waals surface area (Å²) in [6.07, 6.45) is 3.22. The minimum atomic E-state index is -0.234. The Morgan fingerprint density at radius 1 is 1.00 bits per heavy atom. The molecule has 0 amide bonds. The summed E-state index contributed by atoms with van der Waals surface area (Å²) in [6, 6.07) is 16.9. The number of furan rings is 1. The number of fused-ring (bicyclic) bond motifs is 1. The predicted octanol–water partition coefficient (Wildman–Crippen LogP) is 3.91. The zero-order chi connectivity index (χ0) is 13.9. The number of rotatable bonds is 3. The third-order valence-corrected chi connectivity index (χ3v) is 3.08. The smallest absolute Gasteiger partial charge is 0.223 e. The Kier molecular flexibility index (Phi) is 3.09. The van der Waals surface area contributed by atoms with Gasteiger partial charge in [0.1, 0.15) is 5.58 Å². The molecule has 0 atom stereocenters. The Labute approximate surface area is 116 Å². The first-order chi connectivity index (χ1) is 9.75. The number of carbonyl (C=O) groups excluding carboxylic acids is 1. The number of anilines is 1. The molecule has 0 saturated heterocycles. The molecule has 3 aromatic rings. The lowest BCUT2D eigenvalue weighted by atomic mass is 10.1. The van der Waals surface area contributed by atoms with Crippen molar-refractivity contribution in [2.45, 2.75) is 0 Å². The van der Waals surface area contributed by atoms with Crippen LogP contribution in [0.5, 0.6) is 0 Å². The second-order valence-electron chi connectivity index (χ2n) is 4.45. The van der Waals surface area contributed by atoms with E-state index in [9.17, 15) is 4.79 Å². The van der Waals surface area contributed by atoms with Crippen molar-refractivity contribution in [2.75, 3.05) is 5.73 Å². The van der Waals surface area contributed by atoms with E-state index in [-0.39, 0.29) is 11.5 Å². The fourth-order valence-electron chi connectivity index (χ4n) is 2.06. The maximum Gasteiger partial charge on any atom is 0.223 e. The fraction of sp³-hybridized carbons (Fsp3) is 0. The molecule has 1 heterocycles. The highest BCUT2D eigenvalue weighted by atomic mass is 16.3. The van der Waals surface area contributed by atoms with E-state index in [0.29, 0.717) is 11.3 Å². The average Bonchev–Trinajstić information content (AvgIpc) is 2.84. The molecule has 98 valence electrons. The van der Waals surface area contributed by atoms with Gasteiger partial charge >= 0.3 is 0 Å². The van der Waals surface area contributed by atoms with Crippen LogP contribution >= 0.6 is 0 Å². The van der Waals surface area contributed by atoms with Gasteiger partial charge in [-0.1, -0.05) is 48.5 Å². The zero-order valence-corrected chi connectivity index (χ0v) is 10.7. The summed E-state index contributed by atoms with van der Waals surface area (Å²) in [6.45, 7) is 0. The first-order valence-electron chi connectivity index (χ1n) is 6.30. The Balaban J connectivity index is 1.93. The number of benzene rings is 2. The third kappa shape index (κ3) is 2.21. The van der Waals surface area contributed by atoms with Crippen LogP contribution < -0.4 is 5.73 Å². The van der Waals surface area contributed by atoms with Gasteiger partial charge in [-0.15, -0.1) is 0 Å². The van der Waals surface area contributed by atoms with Gasteiger partial charge in [-0.05, 0) is 23.8 Å². The molecule has 1 aromatic heterocycles. The summed E-state index contributed by atoms with van der Waals surface area (Å²) in [4.78, 5) is 12.1. The van der Waals surface area contributed by atoms with E-state index in [0.717, 1.165) is 10.9 Å². The van der Waals surface area contributed by atoms with Crippen molar-refractivity contribution >= 4 is 28.5 Å². The number of hydrogen-bond acceptors (Lipinski definition) is 3. The number of para-hydroxylation sites is 1. The second-order valence-corrected chi connectivity index (χ2v) is 4.45. The van der Waals surface area contributed by atoms with Gasteiger partial charge in [-0.3, -0.25) is 4.79 Å². The van der Waals surface area contributed by atoms with E-state index in [4.69, 9.17) is 10.2 Å². The normalized spacial score (nSPS) is 11.2. The number of carbonyl (C=O) groups is 1. The molecule has 0 radical (unpaired) electrons. The molecule has 0 aliphatic heterocycles. The molecule has 0 bridgehead atoms. The van der Waals surface area contributed by atoms with Crippen LogP contribution in [0.25, 0.3) is 17.0 Å². The van der Waals surface area contributed by atoms with Crippen LogP contribution in [-0.4, -0.2) is 5.78 Å². The van der Waals surface area contributed by atoms with E-state index in [1.54, 1.807) is 12.1 Å². The number of nitrogens with two attached hydrogens (primary N) is 1. The van der Waals surface area contributed by atoms with Gasteiger partial charge in [0, 0.05) is 5.39 Å². The van der Waals surface area contributed by atoms with E-state index in [2.05, 4.69) is 0 Å². The van der Waals surface area contributed by atoms with Crippen molar-refractivity contribution in [1.29, 1.82) is 0 Å². The number of nitrogen functional groups attached to an aromatic ring is 1. The molecule has 0 spiro atoms. The summed E-state index contributed by atoms with van der Waals surface area (Å²) in [5, 5.41) is 0.768. The van der Waals surface area contributed by atoms with E-state index >= 15 is 0 Å². The first-order valence-corrected chi connectivity index (χ1v) is 6.30. The molecule has 3 rings (SSSR count). The third-order valence-electron chi connectivity index (χ3n) is 3.08. The zero-order valence-electron chi connectivity index (χ0n) is 10.7. The Bertz CT molecular complexity index is 785. The molecule has 20 heavy (non-hydrogen) atoms. The quantitative estimate of drug-likeness (QED) is 0.575. The van der Waals surface area contributed by atoms with Crippen LogP contribution in [0.1, 0.15) is 16.1 Å². The van der Waals surface area contributed by atoms with Gasteiger partial charge in [-0.2, -0.15) is 0 Å². The molecule has 0 fully saturated rings. The molecular weight excluding hydrogens is 250 g/mol. The van der Waals surface area contributed by atoms with E-state index in [1.165, 1.54) is 6.08 Å². The number of ketones is 1. The van der Waals surface area contributed by atoms with Crippen LogP contribution in [0.3, 0.4) is 0 Å². The molecule has 2 aromatic carbocycles. The minimum Gasteiger partial charge on any atom is -0.450 e. The summed E-state index contributed by atoms with van der Waals surface area (Å²) in [5.74, 6) is -0.0408. The van der Waals surface area contributed by atoms with Crippen molar-refractivity contribution in [1.82, 2.24) is 0 Å². The lowest BCUT2D eigenvalue weighted by Crippen LogP contribution is -1.97. The van der Waals surface area contributed by atoms with Crippen molar-refractivity contribution in [3.63, 3.8) is 0 Å². The SMILES string of the molecule is Nc1c(C(=O)/C=C/c2ccccc2)oc2ccccc12. The topological polar surface area (TPSA) is 56.2 Å². The summed E-state index contributed by atoms with van der Waals surface area (Å²) in [5.41, 5.74) is 7.93. The Hall–Kier alpha value is -2.81. The van der Waals surface area contributed by atoms with Crippen molar-refractivity contribution in [2.24, 2.45) is 0 Å². The molecule has 0 aliphatic rings. The largest absolute Gasteiger partial charge is 0.450 e. The lowest BCUT2D eigenvalue weighted by Gasteiger charge is -1.93. The van der Waals surface area contributed by atoms with Crippen LogP contribution in [0, 0.1) is 0 Å². The first kappa shape index (κ1) is 12.2. The molecule has 0 saturated carbocycles. The molecule has 2 N–H and O–H groups in total. The Morgan fingerprint density at radius 3 is 2.45 bits per heavy atom. The standard InChI is InChI=1S/C17H13NO2/c18-16-13-8-4-5-9-15(13)20-17(16)14(19)11-10-12-6-2-1-3-7-12/h1-11H,18H2/b11-10+. The highest BCUT2D eigenvalue weighted by molar-refractivity contribution is 6.12. The number of allylic oxidation sites excluding steroid dienone is 1. The van der Waals surface area contributed by atoms with Crippen LogP contribution in [0.2, 0.25) is 0 Å². The molecular formula is C17H13NO2. The van der Waals surface area contributed by atoms with Crippen LogP contribution in [-0.2, 0) is 0 Å². The van der Waals surface area contributed by atoms with Crippen molar-refractivity contribution in [3.05, 3.63) is 72.0 Å². The average molecular weight is 263 g/mol. The summed E-state index contributed by atoms with van der Waals surface area (Å²) >= 11 is 0. The maximum absolute atomic E-state index is 12.1. The van der Waals surface area contributed by atoms with Gasteiger partial charge < -0.3 is 10.2 Å². The highest BCUT2D eigenvalue weighted by Gasteiger charge is 2.15. The van der Waals surface area contributed by atoms with Crippen LogP contribution in [0.15, 0.2) is 65.1 Å². The maximum atomic E-state index is 12.1. The van der Waals surface area contributed by atoms with Gasteiger partial charge in [-0.25, -0.2) is 0 Å². The Morgan fingerprint density at radius 2 is 1.70 bits per heavy atom. The second kappa shape index (κ2) is 5.05.